The normalized spacial score (nSPS) is 11.9. The third-order valence-corrected chi connectivity index (χ3v) is 12.8. The lowest BCUT2D eigenvalue weighted by molar-refractivity contribution is -0.0420. The van der Waals surface area contributed by atoms with Crippen LogP contribution in [0.15, 0.2) is 135 Å². The van der Waals surface area contributed by atoms with Gasteiger partial charge >= 0.3 is 24.4 Å². The Morgan fingerprint density at radius 2 is 0.551 bits per heavy atom. The first-order valence-corrected chi connectivity index (χ1v) is 23.7. The zero-order chi connectivity index (χ0) is 50.9. The molecule has 360 valence electrons. The molecule has 0 aliphatic heterocycles. The quantitative estimate of drug-likeness (QED) is 0.0300. The van der Waals surface area contributed by atoms with E-state index in [-0.39, 0.29) is 22.7 Å². The molecule has 4 N–H and O–H groups in total. The maximum Gasteiger partial charge on any atom is 0.411 e. The van der Waals surface area contributed by atoms with Crippen molar-refractivity contribution in [3.63, 3.8) is 0 Å². The van der Waals surface area contributed by atoms with Crippen LogP contribution in [0.3, 0.4) is 0 Å². The summed E-state index contributed by atoms with van der Waals surface area (Å²) in [6.45, 7) is -3.83. The number of benzene rings is 4. The minimum atomic E-state index is -4.41. The Morgan fingerprint density at radius 3 is 0.710 bits per heavy atom. The van der Waals surface area contributed by atoms with Crippen molar-refractivity contribution < 1.29 is 71.8 Å². The average molecular weight is 1030 g/mol. The summed E-state index contributed by atoms with van der Waals surface area (Å²) in [5.41, 5.74) is 31.7. The molecule has 0 aliphatic rings. The lowest BCUT2D eigenvalue weighted by Crippen LogP contribution is -2.45. The molecule has 69 heavy (non-hydrogen) atoms. The van der Waals surface area contributed by atoms with E-state index in [1.807, 2.05) is 0 Å². The largest absolute Gasteiger partial charge is 0.448 e. The van der Waals surface area contributed by atoms with E-state index < -0.39 is 116 Å². The number of amides is 4. The van der Waals surface area contributed by atoms with Crippen molar-refractivity contribution in [3.05, 3.63) is 139 Å². The van der Waals surface area contributed by atoms with Gasteiger partial charge in [-0.3, -0.25) is 21.3 Å². The summed E-state index contributed by atoms with van der Waals surface area (Å²) in [7, 11) is -17.6. The van der Waals surface area contributed by atoms with Crippen LogP contribution in [0.2, 0.25) is 0 Å². The molecule has 0 aromatic heterocycles. The molecule has 0 aliphatic carbocycles. The lowest BCUT2D eigenvalue weighted by atomic mass is 9.92. The number of nitrogens with zero attached hydrogens (tertiary/aromatic N) is 12. The smallest absolute Gasteiger partial charge is 0.411 e. The van der Waals surface area contributed by atoms with E-state index in [4.69, 9.17) is 41.1 Å². The molecule has 4 amide bonds. The summed E-state index contributed by atoms with van der Waals surface area (Å²) >= 11 is 0. The summed E-state index contributed by atoms with van der Waals surface area (Å²) < 4.78 is 129. The molecule has 0 radical (unpaired) electrons. The molecule has 0 bridgehead atoms. The summed E-state index contributed by atoms with van der Waals surface area (Å²) in [5, 5.41) is 9.04. The molecule has 0 fully saturated rings. The molecular weight excluding hydrogens is 1000 g/mol. The van der Waals surface area contributed by atoms with Crippen LogP contribution >= 0.6 is 0 Å². The van der Waals surface area contributed by atoms with Gasteiger partial charge in [-0.2, -0.15) is 0 Å². The maximum absolute atomic E-state index is 13.1. The maximum atomic E-state index is 13.1. The monoisotopic (exact) mass is 1030 g/mol. The van der Waals surface area contributed by atoms with Crippen molar-refractivity contribution in [1.29, 1.82) is 0 Å². The first kappa shape index (κ1) is 52.6. The van der Waals surface area contributed by atoms with E-state index in [9.17, 15) is 52.8 Å². The Balaban J connectivity index is 1.64. The summed E-state index contributed by atoms with van der Waals surface area (Å²) in [5.74, 6) is 0. The SMILES string of the molecule is [N-]=[N+]=NS(=O)(=O)c1ccc(NC(=O)OCC(COC(=O)Nc2ccc(S(=O)(=O)N=[N+]=[N-])cc2)(COC(=O)Nc2ccc(S(=O)(=O)N=[N+]=[N-])cc2)COC(=O)Nc2ccc(S(=O)(=O)N=[N+]=[N-])cc2)cc1. The second kappa shape index (κ2) is 22.9. The fourth-order valence-corrected chi connectivity index (χ4v) is 7.64. The van der Waals surface area contributed by atoms with Crippen molar-refractivity contribution >= 4 is 87.2 Å². The van der Waals surface area contributed by atoms with Crippen LogP contribution in [-0.4, -0.2) is 84.5 Å². The minimum absolute atomic E-state index is 0.0814. The number of anilines is 4. The number of rotatable bonds is 20. The van der Waals surface area contributed by atoms with E-state index in [0.717, 1.165) is 97.1 Å². The first-order chi connectivity index (χ1) is 32.6. The number of carbonyl (C=O) groups is 4. The molecule has 0 spiro atoms. The van der Waals surface area contributed by atoms with E-state index in [1.165, 1.54) is 0 Å². The fourth-order valence-electron chi connectivity index (χ4n) is 4.96. The third-order valence-electron chi connectivity index (χ3n) is 8.21. The van der Waals surface area contributed by atoms with Gasteiger partial charge in [-0.15, -0.1) is 0 Å². The van der Waals surface area contributed by atoms with Crippen LogP contribution in [0.4, 0.5) is 41.9 Å². The Labute approximate surface area is 387 Å². The first-order valence-electron chi connectivity index (χ1n) is 18.0. The second-order valence-corrected chi connectivity index (χ2v) is 19.3. The van der Waals surface area contributed by atoms with E-state index in [0.29, 0.717) is 0 Å². The van der Waals surface area contributed by atoms with E-state index in [1.54, 1.807) is 0 Å². The molecular formula is C33H28N16O16S4. The van der Waals surface area contributed by atoms with Gasteiger partial charge in [0.05, 0.1) is 19.6 Å². The highest BCUT2D eigenvalue weighted by Crippen LogP contribution is 2.25. The molecule has 0 unspecified atom stereocenters. The van der Waals surface area contributed by atoms with Gasteiger partial charge in [0, 0.05) is 60.5 Å². The van der Waals surface area contributed by atoms with E-state index >= 15 is 0 Å². The van der Waals surface area contributed by atoms with Crippen molar-refractivity contribution in [2.75, 3.05) is 47.7 Å². The van der Waals surface area contributed by atoms with Gasteiger partial charge < -0.3 is 18.9 Å². The number of sulfonamides is 4. The van der Waals surface area contributed by atoms with Crippen molar-refractivity contribution in [2.45, 2.75) is 19.6 Å². The Kier molecular flexibility index (Phi) is 17.5. The Morgan fingerprint density at radius 1 is 0.377 bits per heavy atom. The number of azide groups is 4. The summed E-state index contributed by atoms with van der Waals surface area (Å²) in [6.07, 6.45) is -5.15. The number of hydrogen-bond donors (Lipinski definition) is 4. The second-order valence-electron chi connectivity index (χ2n) is 13.0. The highest BCUT2D eigenvalue weighted by molar-refractivity contribution is 7.90. The van der Waals surface area contributed by atoms with Gasteiger partial charge in [0.1, 0.15) is 31.8 Å². The molecule has 32 nitrogen and oxygen atoms in total. The predicted molar refractivity (Wildman–Crippen MR) is 233 cm³/mol. The van der Waals surface area contributed by atoms with Crippen LogP contribution < -0.4 is 21.3 Å². The highest BCUT2D eigenvalue weighted by Gasteiger charge is 2.38. The number of hydrogen-bond acceptors (Lipinski definition) is 16. The van der Waals surface area contributed by atoms with E-state index in [2.05, 4.69) is 59.0 Å². The van der Waals surface area contributed by atoms with Crippen molar-refractivity contribution in [2.24, 2.45) is 23.5 Å². The zero-order valence-corrected chi connectivity index (χ0v) is 37.4. The van der Waals surface area contributed by atoms with Gasteiger partial charge in [-0.25, -0.2) is 52.8 Å². The van der Waals surface area contributed by atoms with Crippen molar-refractivity contribution in [1.82, 2.24) is 0 Å². The van der Waals surface area contributed by atoms with Crippen molar-refractivity contribution in [3.8, 4) is 0 Å². The third kappa shape index (κ3) is 15.6. The Bertz CT molecular complexity index is 2820. The van der Waals surface area contributed by atoms with Gasteiger partial charge in [0.25, 0.3) is 40.1 Å². The van der Waals surface area contributed by atoms with Gasteiger partial charge in [0.15, 0.2) is 0 Å². The van der Waals surface area contributed by atoms with Crippen LogP contribution in [0, 0.1) is 5.41 Å². The number of carbonyl (C=O) groups excluding carboxylic acids is 4. The zero-order valence-electron chi connectivity index (χ0n) is 34.1. The molecule has 0 heterocycles. The van der Waals surface area contributed by atoms with Crippen LogP contribution in [0.1, 0.15) is 0 Å². The fraction of sp³-hybridized carbons (Fsp3) is 0.152. The van der Waals surface area contributed by atoms with Crippen LogP contribution in [0.25, 0.3) is 41.8 Å². The molecule has 0 saturated heterocycles. The van der Waals surface area contributed by atoms with Gasteiger partial charge in [-0.05, 0) is 119 Å². The summed E-state index contributed by atoms with van der Waals surface area (Å²) in [6, 6.07) is 16.4. The molecule has 0 atom stereocenters. The molecule has 36 heteroatoms. The predicted octanol–water partition coefficient (Wildman–Crippen LogP) is 6.96. The standard InChI is InChI=1S/C33H28N16O16S4/c34-42-46-66(54,55)25-9-1-21(2-10-25)38-29(50)62-17-33(18-63-30(51)39-22-3-11-26(12-4-22)67(56,57)47-43-35,19-64-31(52)40-23-5-13-27(14-6-23)68(58,59)48-44-36)20-65-32(53)41-24-7-15-28(16-8-24)69(60,61)49-45-37/h1-16H,17-20H2,(H,38,50)(H,39,51)(H,40,52)(H,41,53). The topological polar surface area (TPSA) is 485 Å². The number of nitrogens with one attached hydrogen (secondary N) is 4. The van der Waals surface area contributed by atoms with Crippen LogP contribution in [-0.2, 0) is 59.0 Å². The lowest BCUT2D eigenvalue weighted by Gasteiger charge is -2.31. The minimum Gasteiger partial charge on any atom is -0.448 e. The highest BCUT2D eigenvalue weighted by atomic mass is 32.2. The summed E-state index contributed by atoms with van der Waals surface area (Å²) in [4.78, 5) is 59.6. The van der Waals surface area contributed by atoms with Crippen LogP contribution in [0.5, 0.6) is 0 Å². The molecule has 4 aromatic rings. The molecule has 4 aromatic carbocycles. The Hall–Kier alpha value is -9.00. The number of ether oxygens (including phenoxy) is 4. The van der Waals surface area contributed by atoms with Gasteiger partial charge in [-0.1, -0.05) is 0 Å². The average Bonchev–Trinajstić information content (AvgIpc) is 3.29. The van der Waals surface area contributed by atoms with Gasteiger partial charge in [0.2, 0.25) is 0 Å². The molecule has 0 saturated carbocycles. The molecule has 4 rings (SSSR count).